The average molecular weight is 261 g/mol. The molecule has 0 bridgehead atoms. The summed E-state index contributed by atoms with van der Waals surface area (Å²) in [5.41, 5.74) is 9.82. The summed E-state index contributed by atoms with van der Waals surface area (Å²) in [5, 5.41) is 0. The van der Waals surface area contributed by atoms with Crippen LogP contribution in [0.2, 0.25) is 0 Å². The highest BCUT2D eigenvalue weighted by Crippen LogP contribution is 2.36. The Morgan fingerprint density at radius 1 is 1.11 bits per heavy atom. The topological polar surface area (TPSA) is 62.3 Å². The maximum atomic E-state index is 5.85. The van der Waals surface area contributed by atoms with Crippen LogP contribution in [0.5, 0.6) is 11.5 Å². The van der Waals surface area contributed by atoms with Gasteiger partial charge in [0.15, 0.2) is 11.5 Å². The molecule has 1 aromatic carbocycles. The van der Waals surface area contributed by atoms with Crippen molar-refractivity contribution in [2.75, 3.05) is 20.0 Å². The highest BCUT2D eigenvalue weighted by molar-refractivity contribution is 5.71. The molecule has 0 aliphatic heterocycles. The van der Waals surface area contributed by atoms with Crippen LogP contribution in [0.25, 0.3) is 11.3 Å². The smallest absolute Gasteiger partial charge is 0.200 e. The van der Waals surface area contributed by atoms with E-state index >= 15 is 0 Å². The fourth-order valence-electron chi connectivity index (χ4n) is 2.09. The Hall–Kier alpha value is -2.17. The van der Waals surface area contributed by atoms with E-state index in [0.29, 0.717) is 17.4 Å². The lowest BCUT2D eigenvalue weighted by molar-refractivity contribution is 0.355. The van der Waals surface area contributed by atoms with E-state index < -0.39 is 0 Å². The van der Waals surface area contributed by atoms with Crippen molar-refractivity contribution in [1.29, 1.82) is 0 Å². The molecule has 102 valence electrons. The average Bonchev–Trinajstić information content (AvgIpc) is 2.66. The molecule has 0 saturated heterocycles. The lowest BCUT2D eigenvalue weighted by Crippen LogP contribution is -1.98. The van der Waals surface area contributed by atoms with Crippen molar-refractivity contribution in [2.45, 2.75) is 13.8 Å². The Bertz CT molecular complexity index is 618. The summed E-state index contributed by atoms with van der Waals surface area (Å²) in [6.07, 6.45) is 0. The van der Waals surface area contributed by atoms with Crippen molar-refractivity contribution in [3.8, 4) is 22.8 Å². The van der Waals surface area contributed by atoms with Crippen LogP contribution in [0.3, 0.4) is 0 Å². The summed E-state index contributed by atoms with van der Waals surface area (Å²) < 4.78 is 12.5. The molecule has 19 heavy (non-hydrogen) atoms. The van der Waals surface area contributed by atoms with Gasteiger partial charge < -0.3 is 19.8 Å². The molecule has 0 aliphatic rings. The van der Waals surface area contributed by atoms with Gasteiger partial charge in [-0.15, -0.1) is 0 Å². The van der Waals surface area contributed by atoms with E-state index in [4.69, 9.17) is 15.2 Å². The number of hydrogen-bond acceptors (Lipinski definition) is 4. The molecule has 5 heteroatoms. The SMILES string of the molecule is COc1cc(C)c(-c2nc(N)n(C)c2C)cc1OC. The molecular formula is C14H19N3O2. The number of nitrogen functional groups attached to an aromatic ring is 1. The number of hydrogen-bond donors (Lipinski definition) is 1. The molecule has 5 nitrogen and oxygen atoms in total. The summed E-state index contributed by atoms with van der Waals surface area (Å²) in [4.78, 5) is 4.42. The molecule has 0 amide bonds. The number of methoxy groups -OCH3 is 2. The Kier molecular flexibility index (Phi) is 3.38. The number of anilines is 1. The quantitative estimate of drug-likeness (QED) is 0.921. The van der Waals surface area contributed by atoms with Crippen LogP contribution in [0.1, 0.15) is 11.3 Å². The van der Waals surface area contributed by atoms with Crippen LogP contribution in [0, 0.1) is 13.8 Å². The maximum absolute atomic E-state index is 5.85. The van der Waals surface area contributed by atoms with E-state index in [1.165, 1.54) is 0 Å². The zero-order valence-corrected chi connectivity index (χ0v) is 11.9. The minimum Gasteiger partial charge on any atom is -0.493 e. The Labute approximate surface area is 113 Å². The zero-order chi connectivity index (χ0) is 14.2. The van der Waals surface area contributed by atoms with Gasteiger partial charge in [-0.3, -0.25) is 0 Å². The second-order valence-electron chi connectivity index (χ2n) is 4.49. The van der Waals surface area contributed by atoms with Crippen molar-refractivity contribution in [1.82, 2.24) is 9.55 Å². The molecule has 0 spiro atoms. The molecule has 2 rings (SSSR count). The number of rotatable bonds is 3. The van der Waals surface area contributed by atoms with Gasteiger partial charge in [0.1, 0.15) is 0 Å². The van der Waals surface area contributed by atoms with Gasteiger partial charge in [0.25, 0.3) is 0 Å². The minimum absolute atomic E-state index is 0.502. The first-order chi connectivity index (χ1) is 8.99. The predicted octanol–water partition coefficient (Wildman–Crippen LogP) is 2.30. The Morgan fingerprint density at radius 2 is 1.68 bits per heavy atom. The van der Waals surface area contributed by atoms with Gasteiger partial charge in [-0.05, 0) is 31.5 Å². The normalized spacial score (nSPS) is 10.6. The lowest BCUT2D eigenvalue weighted by atomic mass is 10.0. The van der Waals surface area contributed by atoms with Gasteiger partial charge in [0.2, 0.25) is 5.95 Å². The third-order valence-corrected chi connectivity index (χ3v) is 3.40. The number of imidazole rings is 1. The van der Waals surface area contributed by atoms with Crippen LogP contribution in [0.4, 0.5) is 5.95 Å². The molecular weight excluding hydrogens is 242 g/mol. The van der Waals surface area contributed by atoms with Crippen molar-refractivity contribution >= 4 is 5.95 Å². The molecule has 0 fully saturated rings. The third kappa shape index (κ3) is 2.12. The second kappa shape index (κ2) is 4.84. The first-order valence-corrected chi connectivity index (χ1v) is 6.01. The second-order valence-corrected chi connectivity index (χ2v) is 4.49. The van der Waals surface area contributed by atoms with E-state index in [0.717, 1.165) is 22.5 Å². The molecule has 0 unspecified atom stereocenters. The first-order valence-electron chi connectivity index (χ1n) is 6.01. The fourth-order valence-corrected chi connectivity index (χ4v) is 2.09. The van der Waals surface area contributed by atoms with E-state index in [1.54, 1.807) is 14.2 Å². The number of benzene rings is 1. The number of nitrogens with zero attached hydrogens (tertiary/aromatic N) is 2. The van der Waals surface area contributed by atoms with Crippen LogP contribution in [0.15, 0.2) is 12.1 Å². The molecule has 2 N–H and O–H groups in total. The van der Waals surface area contributed by atoms with Gasteiger partial charge in [-0.1, -0.05) is 0 Å². The van der Waals surface area contributed by atoms with Crippen molar-refractivity contribution in [3.05, 3.63) is 23.4 Å². The van der Waals surface area contributed by atoms with Gasteiger partial charge in [-0.2, -0.15) is 0 Å². The molecule has 0 aliphatic carbocycles. The zero-order valence-electron chi connectivity index (χ0n) is 11.9. The van der Waals surface area contributed by atoms with Gasteiger partial charge in [0, 0.05) is 18.3 Å². The largest absolute Gasteiger partial charge is 0.493 e. The summed E-state index contributed by atoms with van der Waals surface area (Å²) in [5.74, 6) is 1.90. The molecule has 1 heterocycles. The van der Waals surface area contributed by atoms with E-state index in [2.05, 4.69) is 4.98 Å². The summed E-state index contributed by atoms with van der Waals surface area (Å²) in [6, 6.07) is 3.88. The number of aromatic nitrogens is 2. The lowest BCUT2D eigenvalue weighted by Gasteiger charge is -2.12. The fraction of sp³-hybridized carbons (Fsp3) is 0.357. The molecule has 1 aromatic heterocycles. The van der Waals surface area contributed by atoms with Crippen LogP contribution in [-0.4, -0.2) is 23.8 Å². The van der Waals surface area contributed by atoms with Crippen molar-refractivity contribution in [2.24, 2.45) is 7.05 Å². The number of aryl methyl sites for hydroxylation is 1. The maximum Gasteiger partial charge on any atom is 0.200 e. The summed E-state index contributed by atoms with van der Waals surface area (Å²) in [6.45, 7) is 4.01. The molecule has 0 radical (unpaired) electrons. The highest BCUT2D eigenvalue weighted by Gasteiger charge is 2.16. The first kappa shape index (κ1) is 13.3. The minimum atomic E-state index is 0.502. The van der Waals surface area contributed by atoms with Crippen LogP contribution in [-0.2, 0) is 7.05 Å². The van der Waals surface area contributed by atoms with Gasteiger partial charge >= 0.3 is 0 Å². The highest BCUT2D eigenvalue weighted by atomic mass is 16.5. The van der Waals surface area contributed by atoms with Crippen LogP contribution >= 0.6 is 0 Å². The summed E-state index contributed by atoms with van der Waals surface area (Å²) >= 11 is 0. The van der Waals surface area contributed by atoms with Gasteiger partial charge in [-0.25, -0.2) is 4.98 Å². The molecule has 0 saturated carbocycles. The van der Waals surface area contributed by atoms with E-state index in [-0.39, 0.29) is 0 Å². The standard InChI is InChI=1S/C14H19N3O2/c1-8-6-11(18-4)12(19-5)7-10(8)13-9(2)17(3)14(15)16-13/h6-7H,1-5H3,(H2,15,16). The van der Waals surface area contributed by atoms with E-state index in [1.807, 2.05) is 37.6 Å². The predicted molar refractivity (Wildman–Crippen MR) is 75.6 cm³/mol. The number of ether oxygens (including phenoxy) is 2. The monoisotopic (exact) mass is 261 g/mol. The van der Waals surface area contributed by atoms with Crippen LogP contribution < -0.4 is 15.2 Å². The Balaban J connectivity index is 2.65. The third-order valence-electron chi connectivity index (χ3n) is 3.40. The number of nitrogens with two attached hydrogens (primary N) is 1. The van der Waals surface area contributed by atoms with E-state index in [9.17, 15) is 0 Å². The Morgan fingerprint density at radius 3 is 2.16 bits per heavy atom. The van der Waals surface area contributed by atoms with Crippen molar-refractivity contribution in [3.63, 3.8) is 0 Å². The van der Waals surface area contributed by atoms with Gasteiger partial charge in [0.05, 0.1) is 19.9 Å². The van der Waals surface area contributed by atoms with Crippen molar-refractivity contribution < 1.29 is 9.47 Å². The summed E-state index contributed by atoms with van der Waals surface area (Å²) in [7, 11) is 5.15. The molecule has 0 atom stereocenters. The molecule has 2 aromatic rings.